The van der Waals surface area contributed by atoms with Crippen LogP contribution in [0.5, 0.6) is 0 Å². The molecule has 0 radical (unpaired) electrons. The van der Waals surface area contributed by atoms with Crippen molar-refractivity contribution in [1.29, 1.82) is 0 Å². The molecule has 0 N–H and O–H groups in total. The van der Waals surface area contributed by atoms with Crippen molar-refractivity contribution in [2.24, 2.45) is 9.98 Å². The SMILES string of the molecule is C=CC1=NC2CC(=C)/N=C(/C=C)c3c(ccc4c3oc3nc(-c5c(C)cc(C)cc5C)ccc34)CCC2c2ccccc21. The van der Waals surface area contributed by atoms with Gasteiger partial charge in [0.15, 0.2) is 0 Å². The van der Waals surface area contributed by atoms with Crippen LogP contribution in [0.1, 0.15) is 57.7 Å². The first-order valence-electron chi connectivity index (χ1n) is 15.0. The van der Waals surface area contributed by atoms with Gasteiger partial charge in [0.2, 0.25) is 5.71 Å². The summed E-state index contributed by atoms with van der Waals surface area (Å²) in [4.78, 5) is 15.2. The fourth-order valence-corrected chi connectivity index (χ4v) is 7.24. The topological polar surface area (TPSA) is 50.8 Å². The Bertz CT molecular complexity index is 2030. The highest BCUT2D eigenvalue weighted by Crippen LogP contribution is 2.40. The zero-order chi connectivity index (χ0) is 29.8. The lowest BCUT2D eigenvalue weighted by Gasteiger charge is -2.32. The zero-order valence-corrected chi connectivity index (χ0v) is 25.1. The lowest BCUT2D eigenvalue weighted by Crippen LogP contribution is -2.27. The normalized spacial score (nSPS) is 19.6. The summed E-state index contributed by atoms with van der Waals surface area (Å²) in [6.45, 7) is 19.0. The Morgan fingerprint density at radius 3 is 2.37 bits per heavy atom. The number of aryl methyl sites for hydroxylation is 4. The van der Waals surface area contributed by atoms with Crippen LogP contribution in [0, 0.1) is 20.8 Å². The van der Waals surface area contributed by atoms with Crippen molar-refractivity contribution in [2.45, 2.75) is 52.0 Å². The van der Waals surface area contributed by atoms with E-state index >= 15 is 0 Å². The van der Waals surface area contributed by atoms with Gasteiger partial charge in [0.1, 0.15) is 5.58 Å². The van der Waals surface area contributed by atoms with Crippen molar-refractivity contribution in [3.05, 3.63) is 137 Å². The molecule has 0 amide bonds. The quantitative estimate of drug-likeness (QED) is 0.220. The molecule has 4 heterocycles. The molecule has 4 nitrogen and oxygen atoms in total. The molecule has 5 aromatic rings. The highest BCUT2D eigenvalue weighted by molar-refractivity contribution is 6.20. The summed E-state index contributed by atoms with van der Waals surface area (Å²) < 4.78 is 6.64. The minimum Gasteiger partial charge on any atom is -0.437 e. The number of aromatic nitrogens is 1. The Kier molecular flexibility index (Phi) is 6.58. The summed E-state index contributed by atoms with van der Waals surface area (Å²) in [6.07, 6.45) is 6.15. The fraction of sp³-hybridized carbons (Fsp3) is 0.205. The highest BCUT2D eigenvalue weighted by atomic mass is 16.3. The Morgan fingerprint density at radius 1 is 0.860 bits per heavy atom. The summed E-state index contributed by atoms with van der Waals surface area (Å²) >= 11 is 0. The summed E-state index contributed by atoms with van der Waals surface area (Å²) in [5, 5.41) is 2.03. The monoisotopic (exact) mass is 561 g/mol. The van der Waals surface area contributed by atoms with Crippen LogP contribution < -0.4 is 0 Å². The van der Waals surface area contributed by atoms with Gasteiger partial charge in [0.25, 0.3) is 0 Å². The maximum atomic E-state index is 6.64. The number of hydrogen-bond acceptors (Lipinski definition) is 4. The van der Waals surface area contributed by atoms with Crippen LogP contribution >= 0.6 is 0 Å². The van der Waals surface area contributed by atoms with Crippen molar-refractivity contribution in [3.63, 3.8) is 0 Å². The molecule has 43 heavy (non-hydrogen) atoms. The van der Waals surface area contributed by atoms with Crippen LogP contribution in [0.2, 0.25) is 0 Å². The van der Waals surface area contributed by atoms with Crippen LogP contribution in [-0.2, 0) is 6.42 Å². The largest absolute Gasteiger partial charge is 0.437 e. The predicted molar refractivity (Wildman–Crippen MR) is 180 cm³/mol. The Balaban J connectivity index is 1.38. The number of allylic oxidation sites excluding steroid dienone is 2. The fourth-order valence-electron chi connectivity index (χ4n) is 7.24. The molecule has 0 fully saturated rings. The number of furan rings is 1. The minimum atomic E-state index is 0.0537. The number of nitrogens with zero attached hydrogens (tertiary/aromatic N) is 3. The second-order valence-corrected chi connectivity index (χ2v) is 11.9. The van der Waals surface area contributed by atoms with Crippen molar-refractivity contribution >= 4 is 33.5 Å². The average molecular weight is 562 g/mol. The minimum absolute atomic E-state index is 0.0537. The number of fused-ring (bicyclic) bond motifs is 8. The van der Waals surface area contributed by atoms with Gasteiger partial charge in [-0.2, -0.15) is 0 Å². The maximum Gasteiger partial charge on any atom is 0.227 e. The Morgan fingerprint density at radius 2 is 1.60 bits per heavy atom. The summed E-state index contributed by atoms with van der Waals surface area (Å²) in [5.74, 6) is 0.251. The second-order valence-electron chi connectivity index (χ2n) is 11.9. The first-order valence-corrected chi connectivity index (χ1v) is 15.0. The molecule has 0 bridgehead atoms. The van der Waals surface area contributed by atoms with Gasteiger partial charge >= 0.3 is 0 Å². The molecule has 212 valence electrons. The van der Waals surface area contributed by atoms with Gasteiger partial charge < -0.3 is 4.42 Å². The molecule has 0 saturated carbocycles. The Hall–Kier alpha value is -4.83. The van der Waals surface area contributed by atoms with E-state index in [-0.39, 0.29) is 12.0 Å². The maximum absolute atomic E-state index is 6.64. The highest BCUT2D eigenvalue weighted by Gasteiger charge is 2.32. The zero-order valence-electron chi connectivity index (χ0n) is 25.1. The first-order chi connectivity index (χ1) is 20.9. The summed E-state index contributed by atoms with van der Waals surface area (Å²) in [5.41, 5.74) is 14.3. The van der Waals surface area contributed by atoms with Crippen molar-refractivity contribution in [3.8, 4) is 11.3 Å². The van der Waals surface area contributed by atoms with Crippen LogP contribution in [-0.4, -0.2) is 22.4 Å². The van der Waals surface area contributed by atoms with E-state index in [0.29, 0.717) is 12.1 Å². The molecular formula is C39H35N3O. The van der Waals surface area contributed by atoms with Gasteiger partial charge in [0, 0.05) is 45.5 Å². The summed E-state index contributed by atoms with van der Waals surface area (Å²) in [7, 11) is 0. The smallest absolute Gasteiger partial charge is 0.227 e. The predicted octanol–water partition coefficient (Wildman–Crippen LogP) is 9.54. The van der Waals surface area contributed by atoms with Gasteiger partial charge in [-0.3, -0.25) is 9.98 Å². The summed E-state index contributed by atoms with van der Waals surface area (Å²) in [6, 6.07) is 21.7. The Labute approximate surface area is 252 Å². The molecule has 7 rings (SSSR count). The van der Waals surface area contributed by atoms with Crippen LogP contribution in [0.15, 0.2) is 113 Å². The van der Waals surface area contributed by atoms with E-state index in [1.165, 1.54) is 33.4 Å². The van der Waals surface area contributed by atoms with Gasteiger partial charge in [-0.25, -0.2) is 4.98 Å². The van der Waals surface area contributed by atoms with E-state index in [1.807, 2.05) is 12.2 Å². The lowest BCUT2D eigenvalue weighted by atomic mass is 9.78. The molecule has 3 aromatic carbocycles. The van der Waals surface area contributed by atoms with Gasteiger partial charge in [-0.15, -0.1) is 0 Å². The van der Waals surface area contributed by atoms with Crippen LogP contribution in [0.4, 0.5) is 0 Å². The van der Waals surface area contributed by atoms with Crippen LogP contribution in [0.25, 0.3) is 33.3 Å². The molecule has 0 spiro atoms. The number of rotatable bonds is 3. The standard InChI is InChI=1S/C39H35N3O/c1-7-32-28-12-10-9-11-27(28)29-15-13-26-14-16-30-31-17-18-34(36-23(4)19-22(3)20-24(36)5)42-39(31)43-38(30)37(26)33(8-2)40-25(6)21-35(29)41-32/h7-12,14,16-20,29,35H,1-2,6,13,15,21H2,3-5H3/b40-33-. The van der Waals surface area contributed by atoms with Crippen LogP contribution in [0.3, 0.4) is 0 Å². The van der Waals surface area contributed by atoms with E-state index in [2.05, 4.69) is 101 Å². The molecule has 4 heteroatoms. The van der Waals surface area contributed by atoms with Gasteiger partial charge in [0.05, 0.1) is 23.2 Å². The molecule has 2 atom stereocenters. The van der Waals surface area contributed by atoms with E-state index in [0.717, 1.165) is 63.1 Å². The van der Waals surface area contributed by atoms with Crippen molar-refractivity contribution in [1.82, 2.24) is 4.98 Å². The van der Waals surface area contributed by atoms with E-state index in [1.54, 1.807) is 0 Å². The molecule has 2 unspecified atom stereocenters. The third kappa shape index (κ3) is 4.49. The first kappa shape index (κ1) is 27.0. The van der Waals surface area contributed by atoms with Crippen molar-refractivity contribution in [2.75, 3.05) is 0 Å². The third-order valence-corrected chi connectivity index (χ3v) is 9.02. The third-order valence-electron chi connectivity index (χ3n) is 9.02. The van der Waals surface area contributed by atoms with Crippen molar-refractivity contribution < 1.29 is 4.42 Å². The molecule has 0 aliphatic carbocycles. The molecule has 0 saturated heterocycles. The molecule has 2 aromatic heterocycles. The van der Waals surface area contributed by atoms with E-state index in [4.69, 9.17) is 19.4 Å². The molecular weight excluding hydrogens is 526 g/mol. The van der Waals surface area contributed by atoms with E-state index < -0.39 is 0 Å². The van der Waals surface area contributed by atoms with Gasteiger partial charge in [-0.05, 0) is 80.2 Å². The van der Waals surface area contributed by atoms with Gasteiger partial charge in [-0.1, -0.05) is 73.8 Å². The lowest BCUT2D eigenvalue weighted by molar-refractivity contribution is 0.490. The number of pyridine rings is 1. The molecule has 2 aliphatic heterocycles. The number of hydrogen-bond donors (Lipinski definition) is 0. The number of aliphatic imine (C=N–C) groups is 2. The molecule has 2 aliphatic rings. The number of benzene rings is 3. The average Bonchev–Trinajstić information content (AvgIpc) is 3.36. The second kappa shape index (κ2) is 10.5. The van der Waals surface area contributed by atoms with E-state index in [9.17, 15) is 0 Å².